The minimum absolute atomic E-state index is 0. The van der Waals surface area contributed by atoms with Gasteiger partial charge in [0.1, 0.15) is 6.04 Å². The van der Waals surface area contributed by atoms with Crippen molar-refractivity contribution in [2.24, 2.45) is 11.5 Å². The van der Waals surface area contributed by atoms with E-state index in [1.54, 1.807) is 0 Å². The molecule has 1 amide bonds. The number of carboxylic acids is 1. The third kappa shape index (κ3) is 9.10. The maximum absolute atomic E-state index is 10.3. The quantitative estimate of drug-likeness (QED) is 0.531. The molecule has 1 atom stereocenters. The van der Waals surface area contributed by atoms with Crippen LogP contribution in [0.15, 0.2) is 0 Å². The first-order valence-electron chi connectivity index (χ1n) is 3.80. The Labute approximate surface area is 82.9 Å². The SMILES string of the molecule is Cl.NC(=O)CCCCC(N)C(=O)O. The lowest BCUT2D eigenvalue weighted by molar-refractivity contribution is -0.138. The molecule has 0 heterocycles. The van der Waals surface area contributed by atoms with E-state index < -0.39 is 12.0 Å². The van der Waals surface area contributed by atoms with Gasteiger partial charge in [-0.2, -0.15) is 0 Å². The number of unbranched alkanes of at least 4 members (excludes halogenated alkanes) is 1. The molecule has 0 aromatic rings. The molecule has 5 N–H and O–H groups in total. The summed E-state index contributed by atoms with van der Waals surface area (Å²) in [4.78, 5) is 20.5. The van der Waals surface area contributed by atoms with Gasteiger partial charge in [0.25, 0.3) is 0 Å². The number of primary amides is 1. The van der Waals surface area contributed by atoms with Gasteiger partial charge < -0.3 is 16.6 Å². The molecule has 5 nitrogen and oxygen atoms in total. The van der Waals surface area contributed by atoms with E-state index in [1.807, 2.05) is 0 Å². The predicted molar refractivity (Wildman–Crippen MR) is 50.5 cm³/mol. The van der Waals surface area contributed by atoms with Crippen molar-refractivity contribution >= 4 is 24.3 Å². The van der Waals surface area contributed by atoms with E-state index in [-0.39, 0.29) is 18.3 Å². The van der Waals surface area contributed by atoms with Crippen LogP contribution < -0.4 is 11.5 Å². The Morgan fingerprint density at radius 2 is 1.85 bits per heavy atom. The lowest BCUT2D eigenvalue weighted by Gasteiger charge is -2.04. The molecule has 0 saturated carbocycles. The van der Waals surface area contributed by atoms with Crippen molar-refractivity contribution in [2.75, 3.05) is 0 Å². The van der Waals surface area contributed by atoms with Gasteiger partial charge in [0.2, 0.25) is 5.91 Å². The summed E-state index contributed by atoms with van der Waals surface area (Å²) in [7, 11) is 0. The van der Waals surface area contributed by atoms with Crippen LogP contribution in [0.3, 0.4) is 0 Å². The van der Waals surface area contributed by atoms with Gasteiger partial charge in [-0.1, -0.05) is 6.42 Å². The molecule has 0 radical (unpaired) electrons. The van der Waals surface area contributed by atoms with Crippen LogP contribution in [0.2, 0.25) is 0 Å². The molecule has 0 aliphatic heterocycles. The van der Waals surface area contributed by atoms with Crippen molar-refractivity contribution in [1.29, 1.82) is 0 Å². The van der Waals surface area contributed by atoms with Crippen LogP contribution in [0.1, 0.15) is 25.7 Å². The zero-order chi connectivity index (χ0) is 9.56. The number of hydrogen-bond donors (Lipinski definition) is 3. The maximum Gasteiger partial charge on any atom is 0.320 e. The smallest absolute Gasteiger partial charge is 0.320 e. The first kappa shape index (κ1) is 14.7. The Hall–Kier alpha value is -0.810. The molecule has 1 unspecified atom stereocenters. The summed E-state index contributed by atoms with van der Waals surface area (Å²) in [5, 5.41) is 8.37. The molecule has 0 spiro atoms. The number of hydrogen-bond acceptors (Lipinski definition) is 3. The highest BCUT2D eigenvalue weighted by molar-refractivity contribution is 5.85. The molecule has 0 aliphatic rings. The summed E-state index contributed by atoms with van der Waals surface area (Å²) in [5.41, 5.74) is 10.1. The average molecular weight is 211 g/mol. The number of nitrogens with two attached hydrogens (primary N) is 2. The molecule has 0 aromatic heterocycles. The molecule has 13 heavy (non-hydrogen) atoms. The Morgan fingerprint density at radius 3 is 2.23 bits per heavy atom. The van der Waals surface area contributed by atoms with Gasteiger partial charge in [-0.05, 0) is 12.8 Å². The largest absolute Gasteiger partial charge is 0.480 e. The van der Waals surface area contributed by atoms with Gasteiger partial charge in [-0.15, -0.1) is 12.4 Å². The van der Waals surface area contributed by atoms with Crippen LogP contribution in [-0.4, -0.2) is 23.0 Å². The molecule has 0 rings (SSSR count). The number of carboxylic acid groups (broad SMARTS) is 1. The van der Waals surface area contributed by atoms with Crippen molar-refractivity contribution in [2.45, 2.75) is 31.7 Å². The Bertz CT molecular complexity index is 175. The van der Waals surface area contributed by atoms with Crippen LogP contribution >= 0.6 is 12.4 Å². The summed E-state index contributed by atoms with van der Waals surface area (Å²) in [6, 6.07) is -0.821. The molecule has 0 aromatic carbocycles. The minimum atomic E-state index is -1.01. The second-order valence-electron chi connectivity index (χ2n) is 2.66. The number of aliphatic carboxylic acids is 1. The molecular formula is C7H15ClN2O3. The fourth-order valence-corrected chi connectivity index (χ4v) is 0.787. The predicted octanol–water partition coefficient (Wildman–Crippen LogP) is -0.134. The first-order chi connectivity index (χ1) is 5.54. The molecule has 0 fully saturated rings. The number of rotatable bonds is 6. The molecule has 0 saturated heterocycles. The molecular weight excluding hydrogens is 196 g/mol. The third-order valence-corrected chi connectivity index (χ3v) is 1.51. The zero-order valence-corrected chi connectivity index (χ0v) is 8.05. The average Bonchev–Trinajstić information content (AvgIpc) is 1.97. The monoisotopic (exact) mass is 210 g/mol. The topological polar surface area (TPSA) is 106 Å². The van der Waals surface area contributed by atoms with Gasteiger partial charge in [-0.25, -0.2) is 0 Å². The van der Waals surface area contributed by atoms with Crippen LogP contribution in [0.4, 0.5) is 0 Å². The Morgan fingerprint density at radius 1 is 1.31 bits per heavy atom. The summed E-state index contributed by atoms with van der Waals surface area (Å²) < 4.78 is 0. The first-order valence-corrected chi connectivity index (χ1v) is 3.80. The van der Waals surface area contributed by atoms with Crippen molar-refractivity contribution in [1.82, 2.24) is 0 Å². The van der Waals surface area contributed by atoms with Crippen molar-refractivity contribution in [3.8, 4) is 0 Å². The molecule has 0 aliphatic carbocycles. The van der Waals surface area contributed by atoms with Gasteiger partial charge >= 0.3 is 5.97 Å². The third-order valence-electron chi connectivity index (χ3n) is 1.51. The van der Waals surface area contributed by atoms with Crippen LogP contribution in [0.5, 0.6) is 0 Å². The van der Waals surface area contributed by atoms with Gasteiger partial charge in [-0.3, -0.25) is 9.59 Å². The minimum Gasteiger partial charge on any atom is -0.480 e. The van der Waals surface area contributed by atoms with Gasteiger partial charge in [0, 0.05) is 6.42 Å². The summed E-state index contributed by atoms with van der Waals surface area (Å²) in [6.07, 6.45) is 1.92. The summed E-state index contributed by atoms with van der Waals surface area (Å²) >= 11 is 0. The lowest BCUT2D eigenvalue weighted by atomic mass is 10.1. The lowest BCUT2D eigenvalue weighted by Crippen LogP contribution is -2.29. The fourth-order valence-electron chi connectivity index (χ4n) is 0.787. The van der Waals surface area contributed by atoms with Gasteiger partial charge in [0.05, 0.1) is 0 Å². The standard InChI is InChI=1S/C7H14N2O3.ClH/c8-5(7(11)12)3-1-2-4-6(9)10;/h5H,1-4,8H2,(H2,9,10)(H,11,12);1H. The second-order valence-corrected chi connectivity index (χ2v) is 2.66. The highest BCUT2D eigenvalue weighted by Gasteiger charge is 2.09. The molecule has 78 valence electrons. The van der Waals surface area contributed by atoms with E-state index in [0.717, 1.165) is 0 Å². The fraction of sp³-hybridized carbons (Fsp3) is 0.714. The highest BCUT2D eigenvalue weighted by atomic mass is 35.5. The van der Waals surface area contributed by atoms with Crippen molar-refractivity contribution in [3.63, 3.8) is 0 Å². The molecule has 0 bridgehead atoms. The number of carbonyl (C=O) groups excluding carboxylic acids is 1. The normalized spacial score (nSPS) is 11.5. The van der Waals surface area contributed by atoms with Crippen LogP contribution in [0, 0.1) is 0 Å². The van der Waals surface area contributed by atoms with Crippen LogP contribution in [0.25, 0.3) is 0 Å². The summed E-state index contributed by atoms with van der Waals surface area (Å²) in [6.45, 7) is 0. The zero-order valence-electron chi connectivity index (χ0n) is 7.23. The van der Waals surface area contributed by atoms with Crippen LogP contribution in [-0.2, 0) is 9.59 Å². The summed E-state index contributed by atoms with van der Waals surface area (Å²) in [5.74, 6) is -1.37. The van der Waals surface area contributed by atoms with E-state index >= 15 is 0 Å². The van der Waals surface area contributed by atoms with E-state index in [0.29, 0.717) is 25.7 Å². The number of amides is 1. The number of carbonyl (C=O) groups is 2. The molecule has 6 heteroatoms. The number of halogens is 1. The van der Waals surface area contributed by atoms with Crippen molar-refractivity contribution in [3.05, 3.63) is 0 Å². The second kappa shape index (κ2) is 7.82. The Balaban J connectivity index is 0. The highest BCUT2D eigenvalue weighted by Crippen LogP contribution is 2.01. The van der Waals surface area contributed by atoms with Gasteiger partial charge in [0.15, 0.2) is 0 Å². The van der Waals surface area contributed by atoms with E-state index in [2.05, 4.69) is 0 Å². The van der Waals surface area contributed by atoms with E-state index in [9.17, 15) is 9.59 Å². The Kier molecular flexibility index (Phi) is 8.84. The maximum atomic E-state index is 10.3. The van der Waals surface area contributed by atoms with E-state index in [1.165, 1.54) is 0 Å². The van der Waals surface area contributed by atoms with E-state index in [4.69, 9.17) is 16.6 Å². The van der Waals surface area contributed by atoms with Crippen molar-refractivity contribution < 1.29 is 14.7 Å².